The lowest BCUT2D eigenvalue weighted by atomic mass is 9.82. The predicted octanol–water partition coefficient (Wildman–Crippen LogP) is 0.171. The molecule has 0 saturated heterocycles. The molecule has 1 aliphatic rings. The molecule has 0 aromatic carbocycles. The van der Waals surface area contributed by atoms with Crippen molar-refractivity contribution in [2.45, 2.75) is 32.8 Å². The van der Waals surface area contributed by atoms with Gasteiger partial charge in [-0.25, -0.2) is 4.79 Å². The number of amides is 3. The molecule has 0 spiro atoms. The molecular weight excluding hydrogens is 246 g/mol. The topological polar surface area (TPSA) is 81.7 Å². The molecule has 0 heterocycles. The SMILES string of the molecule is CC(C)CNC(=O)NC(=O)CN(C)CC1CC(O)C1. The molecule has 0 atom stereocenters. The van der Waals surface area contributed by atoms with Gasteiger partial charge in [-0.2, -0.15) is 0 Å². The van der Waals surface area contributed by atoms with E-state index in [1.165, 1.54) is 0 Å². The minimum Gasteiger partial charge on any atom is -0.393 e. The molecule has 0 aliphatic heterocycles. The van der Waals surface area contributed by atoms with E-state index in [1.54, 1.807) is 0 Å². The Morgan fingerprint density at radius 3 is 2.53 bits per heavy atom. The van der Waals surface area contributed by atoms with Crippen LogP contribution < -0.4 is 10.6 Å². The minimum atomic E-state index is -0.439. The van der Waals surface area contributed by atoms with Crippen LogP contribution >= 0.6 is 0 Å². The van der Waals surface area contributed by atoms with Crippen LogP contribution in [0.1, 0.15) is 26.7 Å². The van der Waals surface area contributed by atoms with E-state index < -0.39 is 6.03 Å². The number of hydrogen-bond acceptors (Lipinski definition) is 4. The molecule has 3 amide bonds. The Kier molecular flexibility index (Phi) is 6.24. The summed E-state index contributed by atoms with van der Waals surface area (Å²) >= 11 is 0. The van der Waals surface area contributed by atoms with Gasteiger partial charge in [-0.15, -0.1) is 0 Å². The summed E-state index contributed by atoms with van der Waals surface area (Å²) in [4.78, 5) is 24.9. The van der Waals surface area contributed by atoms with Crippen molar-refractivity contribution >= 4 is 11.9 Å². The number of hydrogen-bond donors (Lipinski definition) is 3. The van der Waals surface area contributed by atoms with Crippen molar-refractivity contribution in [2.24, 2.45) is 11.8 Å². The smallest absolute Gasteiger partial charge is 0.321 e. The Morgan fingerprint density at radius 1 is 1.37 bits per heavy atom. The van der Waals surface area contributed by atoms with Crippen LogP contribution in [0.3, 0.4) is 0 Å². The maximum atomic E-state index is 11.6. The lowest BCUT2D eigenvalue weighted by molar-refractivity contribution is -0.121. The lowest BCUT2D eigenvalue weighted by Gasteiger charge is -2.34. The lowest BCUT2D eigenvalue weighted by Crippen LogP contribution is -2.46. The van der Waals surface area contributed by atoms with Crippen molar-refractivity contribution in [3.05, 3.63) is 0 Å². The zero-order valence-corrected chi connectivity index (χ0v) is 12.0. The number of carbonyl (C=O) groups excluding carboxylic acids is 2. The van der Waals surface area contributed by atoms with Gasteiger partial charge in [0.25, 0.3) is 0 Å². The molecule has 1 rings (SSSR count). The molecule has 1 aliphatic carbocycles. The first-order chi connectivity index (χ1) is 8.86. The number of rotatable bonds is 6. The highest BCUT2D eigenvalue weighted by molar-refractivity contribution is 5.95. The average Bonchev–Trinajstić information content (AvgIpc) is 2.23. The molecule has 0 bridgehead atoms. The molecule has 0 radical (unpaired) electrons. The number of urea groups is 1. The van der Waals surface area contributed by atoms with Crippen molar-refractivity contribution in [3.63, 3.8) is 0 Å². The van der Waals surface area contributed by atoms with Gasteiger partial charge in [0.05, 0.1) is 12.6 Å². The van der Waals surface area contributed by atoms with Crippen LogP contribution in [-0.2, 0) is 4.79 Å². The van der Waals surface area contributed by atoms with Crippen LogP contribution in [0.15, 0.2) is 0 Å². The summed E-state index contributed by atoms with van der Waals surface area (Å²) in [6.07, 6.45) is 1.44. The van der Waals surface area contributed by atoms with E-state index in [-0.39, 0.29) is 18.6 Å². The van der Waals surface area contributed by atoms with Crippen LogP contribution in [0, 0.1) is 11.8 Å². The van der Waals surface area contributed by atoms with Gasteiger partial charge in [-0.05, 0) is 31.7 Å². The van der Waals surface area contributed by atoms with Crippen LogP contribution in [-0.4, -0.2) is 54.7 Å². The van der Waals surface area contributed by atoms with Crippen LogP contribution in [0.4, 0.5) is 4.79 Å². The van der Waals surface area contributed by atoms with E-state index >= 15 is 0 Å². The van der Waals surface area contributed by atoms with E-state index in [0.717, 1.165) is 19.4 Å². The van der Waals surface area contributed by atoms with Crippen molar-refractivity contribution < 1.29 is 14.7 Å². The van der Waals surface area contributed by atoms with Gasteiger partial charge in [0.1, 0.15) is 0 Å². The largest absolute Gasteiger partial charge is 0.393 e. The molecule has 110 valence electrons. The summed E-state index contributed by atoms with van der Waals surface area (Å²) in [5.74, 6) is 0.514. The van der Waals surface area contributed by atoms with E-state index in [0.29, 0.717) is 18.4 Å². The summed E-state index contributed by atoms with van der Waals surface area (Å²) in [5, 5.41) is 14.1. The quantitative estimate of drug-likeness (QED) is 0.643. The molecule has 6 nitrogen and oxygen atoms in total. The highest BCUT2D eigenvalue weighted by Gasteiger charge is 2.28. The third-order valence-electron chi connectivity index (χ3n) is 3.12. The number of likely N-dealkylation sites (N-methyl/N-ethyl adjacent to an activating group) is 1. The van der Waals surface area contributed by atoms with Crippen molar-refractivity contribution in [3.8, 4) is 0 Å². The fraction of sp³-hybridized carbons (Fsp3) is 0.846. The number of nitrogens with zero attached hydrogens (tertiary/aromatic N) is 1. The summed E-state index contributed by atoms with van der Waals surface area (Å²) in [6, 6.07) is -0.439. The number of aliphatic hydroxyl groups is 1. The van der Waals surface area contributed by atoms with Gasteiger partial charge >= 0.3 is 6.03 Å². The summed E-state index contributed by atoms with van der Waals surface area (Å²) in [5.41, 5.74) is 0. The maximum absolute atomic E-state index is 11.6. The third-order valence-corrected chi connectivity index (χ3v) is 3.12. The Morgan fingerprint density at radius 2 is 2.00 bits per heavy atom. The second-order valence-corrected chi connectivity index (χ2v) is 5.84. The van der Waals surface area contributed by atoms with Gasteiger partial charge in [-0.1, -0.05) is 13.8 Å². The van der Waals surface area contributed by atoms with Gasteiger partial charge in [0, 0.05) is 13.1 Å². The highest BCUT2D eigenvalue weighted by Crippen LogP contribution is 2.27. The molecular formula is C13H25N3O3. The number of carbonyl (C=O) groups is 2. The van der Waals surface area contributed by atoms with Crippen LogP contribution in [0.2, 0.25) is 0 Å². The highest BCUT2D eigenvalue weighted by atomic mass is 16.3. The van der Waals surface area contributed by atoms with E-state index in [1.807, 2.05) is 25.8 Å². The van der Waals surface area contributed by atoms with E-state index in [9.17, 15) is 14.7 Å². The summed E-state index contributed by atoms with van der Waals surface area (Å²) in [7, 11) is 1.84. The molecule has 0 unspecified atom stereocenters. The standard InChI is InChI=1S/C13H25N3O3/c1-9(2)6-14-13(19)15-12(18)8-16(3)7-10-4-11(17)5-10/h9-11,17H,4-8H2,1-3H3,(H2,14,15,18,19). The Balaban J connectivity index is 2.13. The number of nitrogens with one attached hydrogen (secondary N) is 2. The molecule has 0 aromatic heterocycles. The maximum Gasteiger partial charge on any atom is 0.321 e. The minimum absolute atomic E-state index is 0.172. The first-order valence-electron chi connectivity index (χ1n) is 6.81. The second kappa shape index (κ2) is 7.45. The van der Waals surface area contributed by atoms with Gasteiger partial charge < -0.3 is 10.4 Å². The Hall–Kier alpha value is -1.14. The normalized spacial score (nSPS) is 22.2. The molecule has 1 fully saturated rings. The van der Waals surface area contributed by atoms with Gasteiger partial charge in [0.2, 0.25) is 5.91 Å². The summed E-state index contributed by atoms with van der Waals surface area (Å²) in [6.45, 7) is 5.50. The molecule has 0 aromatic rings. The van der Waals surface area contributed by atoms with Crippen LogP contribution in [0.25, 0.3) is 0 Å². The van der Waals surface area contributed by atoms with Crippen molar-refractivity contribution in [1.82, 2.24) is 15.5 Å². The van der Waals surface area contributed by atoms with E-state index in [4.69, 9.17) is 0 Å². The van der Waals surface area contributed by atoms with E-state index in [2.05, 4.69) is 10.6 Å². The predicted molar refractivity (Wildman–Crippen MR) is 72.6 cm³/mol. The van der Waals surface area contributed by atoms with Gasteiger partial charge in [-0.3, -0.25) is 15.0 Å². The fourth-order valence-electron chi connectivity index (χ4n) is 2.11. The van der Waals surface area contributed by atoms with Crippen LogP contribution in [0.5, 0.6) is 0 Å². The summed E-state index contributed by atoms with van der Waals surface area (Å²) < 4.78 is 0. The second-order valence-electron chi connectivity index (χ2n) is 5.84. The zero-order valence-electron chi connectivity index (χ0n) is 12.0. The number of aliphatic hydroxyl groups excluding tert-OH is 1. The third kappa shape index (κ3) is 6.54. The molecule has 1 saturated carbocycles. The fourth-order valence-corrected chi connectivity index (χ4v) is 2.11. The first-order valence-corrected chi connectivity index (χ1v) is 6.81. The molecule has 19 heavy (non-hydrogen) atoms. The van der Waals surface area contributed by atoms with Gasteiger partial charge in [0.15, 0.2) is 0 Å². The van der Waals surface area contributed by atoms with Crippen molar-refractivity contribution in [2.75, 3.05) is 26.7 Å². The molecule has 3 N–H and O–H groups in total. The Bertz CT molecular complexity index is 314. The zero-order chi connectivity index (χ0) is 14.4. The first kappa shape index (κ1) is 15.9. The number of imide groups is 1. The average molecular weight is 271 g/mol. The monoisotopic (exact) mass is 271 g/mol. The Labute approximate surface area is 114 Å². The van der Waals surface area contributed by atoms with Crippen molar-refractivity contribution in [1.29, 1.82) is 0 Å². The molecule has 6 heteroatoms.